The van der Waals surface area contributed by atoms with Gasteiger partial charge in [0.2, 0.25) is 5.91 Å². The summed E-state index contributed by atoms with van der Waals surface area (Å²) in [7, 11) is 1.89. The van der Waals surface area contributed by atoms with Gasteiger partial charge in [0.25, 0.3) is 0 Å². The Balaban J connectivity index is 1.44. The molecule has 0 bridgehead atoms. The molecule has 3 N–H and O–H groups in total. The zero-order valence-electron chi connectivity index (χ0n) is 15.9. The van der Waals surface area contributed by atoms with Gasteiger partial charge >= 0.3 is 0 Å². The van der Waals surface area contributed by atoms with Gasteiger partial charge in [-0.1, -0.05) is 6.07 Å². The minimum atomic E-state index is -0.484. The normalized spacial score (nSPS) is 22.8. The molecule has 2 aromatic rings. The van der Waals surface area contributed by atoms with E-state index < -0.39 is 6.10 Å². The molecule has 3 heterocycles. The van der Waals surface area contributed by atoms with E-state index in [2.05, 4.69) is 5.43 Å². The highest BCUT2D eigenvalue weighted by Crippen LogP contribution is 2.31. The lowest BCUT2D eigenvalue weighted by Gasteiger charge is -2.37. The molecule has 2 aliphatic rings. The van der Waals surface area contributed by atoms with Gasteiger partial charge in [0.1, 0.15) is 18.0 Å². The second kappa shape index (κ2) is 7.83. The van der Waals surface area contributed by atoms with Crippen molar-refractivity contribution in [2.75, 3.05) is 26.7 Å². The summed E-state index contributed by atoms with van der Waals surface area (Å²) in [4.78, 5) is 14.6. The predicted molar refractivity (Wildman–Crippen MR) is 103 cm³/mol. The van der Waals surface area contributed by atoms with Crippen molar-refractivity contribution in [3.63, 3.8) is 0 Å². The Morgan fingerprint density at radius 2 is 2.21 bits per heavy atom. The summed E-state index contributed by atoms with van der Waals surface area (Å²) >= 11 is 0. The molecule has 2 aliphatic heterocycles. The summed E-state index contributed by atoms with van der Waals surface area (Å²) in [6.45, 7) is 1.53. The Morgan fingerprint density at radius 1 is 1.36 bits per heavy atom. The van der Waals surface area contributed by atoms with Gasteiger partial charge in [-0.15, -0.1) is 5.12 Å². The zero-order chi connectivity index (χ0) is 19.7. The molecule has 4 rings (SSSR count). The second-order valence-electron chi connectivity index (χ2n) is 7.35. The number of nitrogens with one attached hydrogen (secondary N) is 1. The number of amides is 1. The van der Waals surface area contributed by atoms with Gasteiger partial charge in [-0.25, -0.2) is 0 Å². The lowest BCUT2D eigenvalue weighted by Crippen LogP contribution is -2.46. The molecule has 8 nitrogen and oxygen atoms in total. The van der Waals surface area contributed by atoms with E-state index in [1.54, 1.807) is 0 Å². The molecule has 1 fully saturated rings. The van der Waals surface area contributed by atoms with Crippen LogP contribution in [0.4, 0.5) is 0 Å². The fraction of sp³-hybridized carbons (Fsp3) is 0.450. The molecule has 1 amide bonds. The van der Waals surface area contributed by atoms with E-state index in [0.29, 0.717) is 43.8 Å². The third-order valence-electron chi connectivity index (χ3n) is 5.55. The van der Waals surface area contributed by atoms with Crippen LogP contribution in [0.2, 0.25) is 0 Å². The van der Waals surface area contributed by atoms with E-state index in [4.69, 9.17) is 4.42 Å². The Hall–Kier alpha value is -2.55. The van der Waals surface area contributed by atoms with Gasteiger partial charge in [0.15, 0.2) is 0 Å². The minimum absolute atomic E-state index is 0.0950. The summed E-state index contributed by atoms with van der Waals surface area (Å²) in [6, 6.07) is 7.59. The fourth-order valence-electron chi connectivity index (χ4n) is 3.91. The quantitative estimate of drug-likeness (QED) is 0.709. The van der Waals surface area contributed by atoms with Crippen LogP contribution >= 0.6 is 0 Å². The van der Waals surface area contributed by atoms with Crippen molar-refractivity contribution in [2.45, 2.75) is 31.5 Å². The first-order chi connectivity index (χ1) is 13.5. The van der Waals surface area contributed by atoms with Crippen molar-refractivity contribution in [3.05, 3.63) is 48.0 Å². The van der Waals surface area contributed by atoms with Gasteiger partial charge in [0, 0.05) is 56.8 Å². The molecule has 2 atom stereocenters. The predicted octanol–water partition coefficient (Wildman–Crippen LogP) is 1.13. The lowest BCUT2D eigenvalue weighted by molar-refractivity contribution is -0.134. The van der Waals surface area contributed by atoms with Gasteiger partial charge in [-0.05, 0) is 30.2 Å². The summed E-state index contributed by atoms with van der Waals surface area (Å²) < 4.78 is 5.54. The number of likely N-dealkylation sites (tertiary alicyclic amines) is 1. The van der Waals surface area contributed by atoms with Crippen LogP contribution in [0, 0.1) is 0 Å². The number of benzene rings is 1. The average molecular weight is 386 g/mol. The Morgan fingerprint density at radius 3 is 2.96 bits per heavy atom. The highest BCUT2D eigenvalue weighted by molar-refractivity contribution is 5.79. The molecule has 1 aromatic heterocycles. The van der Waals surface area contributed by atoms with E-state index in [0.717, 1.165) is 10.9 Å². The molecule has 1 saturated heterocycles. The standard InChI is InChI=1S/C20H26N4O4/c1-22-21-6-9-24(22)8-5-20(27)23-7-4-18(26)17(12-23)14-2-3-19-15(10-14)11-16(13-25)28-19/h2-3,6,9-11,17-18,21,25-26H,4-5,7-8,12-13H2,1H3/t17-,18+/m0/s1. The summed E-state index contributed by atoms with van der Waals surface area (Å²) in [5.41, 5.74) is 4.72. The van der Waals surface area contributed by atoms with Crippen LogP contribution in [0.15, 0.2) is 41.1 Å². The van der Waals surface area contributed by atoms with Crippen molar-refractivity contribution < 1.29 is 19.4 Å². The van der Waals surface area contributed by atoms with E-state index in [1.807, 2.05) is 58.7 Å². The molecule has 28 heavy (non-hydrogen) atoms. The number of carbonyl (C=O) groups excluding carboxylic acids is 1. The van der Waals surface area contributed by atoms with Crippen LogP contribution in [-0.2, 0) is 11.4 Å². The second-order valence-corrected chi connectivity index (χ2v) is 7.35. The molecule has 1 aromatic carbocycles. The maximum Gasteiger partial charge on any atom is 0.224 e. The molecule has 8 heteroatoms. The average Bonchev–Trinajstić information content (AvgIpc) is 3.31. The van der Waals surface area contributed by atoms with Crippen molar-refractivity contribution in [1.82, 2.24) is 20.5 Å². The molecule has 0 spiro atoms. The van der Waals surface area contributed by atoms with Gasteiger partial charge in [-0.3, -0.25) is 9.80 Å². The van der Waals surface area contributed by atoms with Crippen molar-refractivity contribution in [1.29, 1.82) is 0 Å². The van der Waals surface area contributed by atoms with Crippen LogP contribution in [0.1, 0.15) is 30.1 Å². The fourth-order valence-corrected chi connectivity index (χ4v) is 3.91. The monoisotopic (exact) mass is 386 g/mol. The van der Waals surface area contributed by atoms with E-state index >= 15 is 0 Å². The molecule has 0 unspecified atom stereocenters. The van der Waals surface area contributed by atoms with Crippen LogP contribution in [-0.4, -0.2) is 63.9 Å². The Labute approximate surface area is 163 Å². The zero-order valence-corrected chi connectivity index (χ0v) is 15.9. The molecular formula is C20H26N4O4. The number of hydrogen-bond donors (Lipinski definition) is 3. The largest absolute Gasteiger partial charge is 0.459 e. The number of carbonyl (C=O) groups is 1. The number of piperidine rings is 1. The number of hydrogen-bond acceptors (Lipinski definition) is 7. The van der Waals surface area contributed by atoms with Gasteiger partial charge in [0.05, 0.1) is 6.10 Å². The smallest absolute Gasteiger partial charge is 0.224 e. The van der Waals surface area contributed by atoms with Gasteiger partial charge in [-0.2, -0.15) is 0 Å². The van der Waals surface area contributed by atoms with E-state index in [9.17, 15) is 15.0 Å². The first kappa shape index (κ1) is 18.8. The van der Waals surface area contributed by atoms with Crippen LogP contribution in [0.3, 0.4) is 0 Å². The maximum absolute atomic E-state index is 12.7. The third-order valence-corrected chi connectivity index (χ3v) is 5.55. The number of rotatable bonds is 5. The van der Waals surface area contributed by atoms with E-state index in [-0.39, 0.29) is 18.4 Å². The van der Waals surface area contributed by atoms with Crippen molar-refractivity contribution in [2.24, 2.45) is 0 Å². The molecular weight excluding hydrogens is 360 g/mol. The number of hydrazine groups is 2. The summed E-state index contributed by atoms with van der Waals surface area (Å²) in [5, 5.41) is 24.5. The lowest BCUT2D eigenvalue weighted by atomic mass is 9.87. The molecule has 0 aliphatic carbocycles. The number of furan rings is 1. The molecule has 150 valence electrons. The number of nitrogens with zero attached hydrogens (tertiary/aromatic N) is 3. The Kier molecular flexibility index (Phi) is 5.25. The summed E-state index contributed by atoms with van der Waals surface area (Å²) in [6.07, 6.45) is 4.22. The molecule has 0 saturated carbocycles. The number of fused-ring (bicyclic) bond motifs is 1. The SMILES string of the molecule is CN1NC=CN1CCC(=O)N1CC[C@@H](O)[C@H](c2ccc3oc(CO)cc3c2)C1. The first-order valence-corrected chi connectivity index (χ1v) is 9.57. The van der Waals surface area contributed by atoms with Crippen LogP contribution < -0.4 is 5.43 Å². The highest BCUT2D eigenvalue weighted by Gasteiger charge is 2.31. The molecule has 0 radical (unpaired) electrons. The summed E-state index contributed by atoms with van der Waals surface area (Å²) in [5.74, 6) is 0.478. The number of aliphatic hydroxyl groups is 2. The van der Waals surface area contributed by atoms with Gasteiger partial charge < -0.3 is 25.0 Å². The van der Waals surface area contributed by atoms with Crippen molar-refractivity contribution >= 4 is 16.9 Å². The number of aliphatic hydroxyl groups excluding tert-OH is 2. The Bertz CT molecular complexity index is 880. The third kappa shape index (κ3) is 3.71. The first-order valence-electron chi connectivity index (χ1n) is 9.57. The van der Waals surface area contributed by atoms with Crippen molar-refractivity contribution in [3.8, 4) is 0 Å². The van der Waals surface area contributed by atoms with Crippen LogP contribution in [0.5, 0.6) is 0 Å². The minimum Gasteiger partial charge on any atom is -0.459 e. The van der Waals surface area contributed by atoms with Crippen LogP contribution in [0.25, 0.3) is 11.0 Å². The van der Waals surface area contributed by atoms with E-state index in [1.165, 1.54) is 0 Å². The maximum atomic E-state index is 12.7. The topological polar surface area (TPSA) is 92.4 Å². The highest BCUT2D eigenvalue weighted by atomic mass is 16.4.